The number of carboxylic acid groups (broad SMARTS) is 1. The van der Waals surface area contributed by atoms with Crippen molar-refractivity contribution in [2.75, 3.05) is 34.4 Å². The lowest BCUT2D eigenvalue weighted by Gasteiger charge is -2.31. The highest BCUT2D eigenvalue weighted by atomic mass is 28.4. The second kappa shape index (κ2) is 8.56. The van der Waals surface area contributed by atoms with Gasteiger partial charge in [0.25, 0.3) is 0 Å². The number of nitrogens with one attached hydrogen (secondary N) is 1. The Hall–Kier alpha value is -0.513. The minimum absolute atomic E-state index is 0.0240. The zero-order chi connectivity index (χ0) is 14.2. The summed E-state index contributed by atoms with van der Waals surface area (Å²) in [6.07, 6.45) is 0. The molecule has 0 saturated heterocycles. The molecule has 18 heavy (non-hydrogen) atoms. The van der Waals surface area contributed by atoms with Crippen molar-refractivity contribution >= 4 is 14.8 Å². The Bertz CT molecular complexity index is 242. The maximum atomic E-state index is 10.5. The predicted octanol–water partition coefficient (Wildman–Crippen LogP) is -0.498. The average molecular weight is 280 g/mol. The molecule has 0 aliphatic rings. The van der Waals surface area contributed by atoms with E-state index >= 15 is 0 Å². The van der Waals surface area contributed by atoms with Crippen LogP contribution in [0.1, 0.15) is 6.92 Å². The van der Waals surface area contributed by atoms with Crippen LogP contribution in [0.4, 0.5) is 0 Å². The highest BCUT2D eigenvalue weighted by molar-refractivity contribution is 6.60. The van der Waals surface area contributed by atoms with Gasteiger partial charge in [0.2, 0.25) is 0 Å². The summed E-state index contributed by atoms with van der Waals surface area (Å²) in [7, 11) is 1.94. The van der Waals surface area contributed by atoms with E-state index in [1.54, 1.807) is 21.3 Å². The Morgan fingerprint density at radius 3 is 2.17 bits per heavy atom. The van der Waals surface area contributed by atoms with Crippen molar-refractivity contribution in [2.24, 2.45) is 11.7 Å². The Balaban J connectivity index is 4.51. The SMILES string of the molecule is CO[Si](CC(CN)C(C)NCC(=O)O)(OC)OC. The van der Waals surface area contributed by atoms with E-state index < -0.39 is 14.8 Å². The number of carboxylic acids is 1. The summed E-state index contributed by atoms with van der Waals surface area (Å²) < 4.78 is 16.0. The van der Waals surface area contributed by atoms with Crippen molar-refractivity contribution in [1.29, 1.82) is 0 Å². The molecule has 8 heteroatoms. The Morgan fingerprint density at radius 1 is 1.33 bits per heavy atom. The molecule has 108 valence electrons. The van der Waals surface area contributed by atoms with Crippen molar-refractivity contribution in [3.05, 3.63) is 0 Å². The van der Waals surface area contributed by atoms with Gasteiger partial charge >= 0.3 is 14.8 Å². The predicted molar refractivity (Wildman–Crippen MR) is 69.2 cm³/mol. The van der Waals surface area contributed by atoms with Crippen molar-refractivity contribution in [2.45, 2.75) is 19.0 Å². The van der Waals surface area contributed by atoms with Gasteiger partial charge in [-0.1, -0.05) is 0 Å². The molecule has 2 atom stereocenters. The number of rotatable bonds is 10. The van der Waals surface area contributed by atoms with Crippen molar-refractivity contribution in [3.63, 3.8) is 0 Å². The molecule has 0 amide bonds. The quantitative estimate of drug-likeness (QED) is 0.464. The van der Waals surface area contributed by atoms with E-state index in [9.17, 15) is 4.79 Å². The van der Waals surface area contributed by atoms with Crippen LogP contribution in [-0.4, -0.2) is 60.3 Å². The summed E-state index contributed by atoms with van der Waals surface area (Å²) in [6.45, 7) is 2.19. The van der Waals surface area contributed by atoms with Crippen LogP contribution in [0.15, 0.2) is 0 Å². The normalized spacial score (nSPS) is 15.4. The fraction of sp³-hybridized carbons (Fsp3) is 0.900. The van der Waals surface area contributed by atoms with Crippen LogP contribution >= 0.6 is 0 Å². The number of hydrogen-bond acceptors (Lipinski definition) is 6. The standard InChI is InChI=1S/C10H24N2O5Si/c1-8(12-6-10(13)14)9(5-11)7-18(15-2,16-3)17-4/h8-9,12H,5-7,11H2,1-4H3,(H,13,14). The third-order valence-corrected chi connectivity index (χ3v) is 5.92. The number of carbonyl (C=O) groups is 1. The van der Waals surface area contributed by atoms with E-state index in [1.165, 1.54) is 0 Å². The van der Waals surface area contributed by atoms with Crippen LogP contribution in [0.5, 0.6) is 0 Å². The lowest BCUT2D eigenvalue weighted by atomic mass is 10.0. The first-order valence-corrected chi connectivity index (χ1v) is 7.68. The third kappa shape index (κ3) is 5.42. The molecule has 0 bridgehead atoms. The van der Waals surface area contributed by atoms with Crippen LogP contribution in [-0.2, 0) is 18.1 Å². The zero-order valence-electron chi connectivity index (χ0n) is 11.4. The topological polar surface area (TPSA) is 103 Å². The summed E-state index contributed by atoms with van der Waals surface area (Å²) in [5.41, 5.74) is 5.72. The van der Waals surface area contributed by atoms with E-state index in [4.69, 9.17) is 24.1 Å². The maximum absolute atomic E-state index is 10.5. The fourth-order valence-corrected chi connectivity index (χ4v) is 3.86. The molecule has 0 heterocycles. The van der Waals surface area contributed by atoms with Crippen molar-refractivity contribution < 1.29 is 23.2 Å². The molecule has 0 aromatic heterocycles. The lowest BCUT2D eigenvalue weighted by molar-refractivity contribution is -0.136. The highest BCUT2D eigenvalue weighted by Gasteiger charge is 2.41. The van der Waals surface area contributed by atoms with Crippen LogP contribution in [0.2, 0.25) is 6.04 Å². The van der Waals surface area contributed by atoms with E-state index in [0.29, 0.717) is 12.6 Å². The summed E-state index contributed by atoms with van der Waals surface area (Å²) in [5, 5.41) is 11.5. The minimum atomic E-state index is -2.69. The van der Waals surface area contributed by atoms with Crippen molar-refractivity contribution in [1.82, 2.24) is 5.32 Å². The molecule has 2 unspecified atom stereocenters. The molecule has 0 aliphatic heterocycles. The van der Waals surface area contributed by atoms with Gasteiger partial charge in [-0.25, -0.2) is 0 Å². The molecule has 0 fully saturated rings. The van der Waals surface area contributed by atoms with Gasteiger partial charge in [-0.3, -0.25) is 4.79 Å². The smallest absolute Gasteiger partial charge is 0.480 e. The number of aliphatic carboxylic acids is 1. The van der Waals surface area contributed by atoms with Crippen LogP contribution in [0.25, 0.3) is 0 Å². The average Bonchev–Trinajstić information content (AvgIpc) is 2.38. The summed E-state index contributed by atoms with van der Waals surface area (Å²) in [5.74, 6) is -0.873. The Kier molecular flexibility index (Phi) is 8.32. The molecule has 4 N–H and O–H groups in total. The molecule has 0 aliphatic carbocycles. The highest BCUT2D eigenvalue weighted by Crippen LogP contribution is 2.21. The van der Waals surface area contributed by atoms with Gasteiger partial charge in [-0.05, 0) is 19.4 Å². The van der Waals surface area contributed by atoms with E-state index in [1.807, 2.05) is 6.92 Å². The van der Waals surface area contributed by atoms with Gasteiger partial charge in [-0.2, -0.15) is 0 Å². The summed E-state index contributed by atoms with van der Waals surface area (Å²) >= 11 is 0. The first-order chi connectivity index (χ1) is 8.44. The van der Waals surface area contributed by atoms with Gasteiger partial charge in [0.1, 0.15) is 0 Å². The number of hydrogen-bond donors (Lipinski definition) is 3. The molecule has 0 saturated carbocycles. The van der Waals surface area contributed by atoms with Gasteiger partial charge in [0.05, 0.1) is 6.54 Å². The largest absolute Gasteiger partial charge is 0.500 e. The van der Waals surface area contributed by atoms with Crippen LogP contribution in [0.3, 0.4) is 0 Å². The Labute approximate surface area is 109 Å². The molecule has 0 rings (SSSR count). The maximum Gasteiger partial charge on any atom is 0.500 e. The zero-order valence-corrected chi connectivity index (χ0v) is 12.4. The number of nitrogens with two attached hydrogens (primary N) is 1. The van der Waals surface area contributed by atoms with Crippen molar-refractivity contribution in [3.8, 4) is 0 Å². The van der Waals surface area contributed by atoms with E-state index in [2.05, 4.69) is 5.32 Å². The molecule has 0 radical (unpaired) electrons. The van der Waals surface area contributed by atoms with Gasteiger partial charge < -0.3 is 29.4 Å². The summed E-state index contributed by atoms with van der Waals surface area (Å²) in [4.78, 5) is 10.5. The van der Waals surface area contributed by atoms with E-state index in [-0.39, 0.29) is 18.5 Å². The molecule has 7 nitrogen and oxygen atoms in total. The van der Waals surface area contributed by atoms with Gasteiger partial charge in [0, 0.05) is 33.4 Å². The second-order valence-corrected chi connectivity index (χ2v) is 7.06. The molecule has 0 spiro atoms. The Morgan fingerprint density at radius 2 is 1.83 bits per heavy atom. The van der Waals surface area contributed by atoms with Gasteiger partial charge in [0.15, 0.2) is 0 Å². The van der Waals surface area contributed by atoms with Crippen LogP contribution < -0.4 is 11.1 Å². The lowest BCUT2D eigenvalue weighted by Crippen LogP contribution is -2.49. The molecule has 0 aromatic carbocycles. The van der Waals surface area contributed by atoms with E-state index in [0.717, 1.165) is 0 Å². The molecular weight excluding hydrogens is 256 g/mol. The fourth-order valence-electron chi connectivity index (χ4n) is 1.70. The first kappa shape index (κ1) is 17.5. The third-order valence-electron chi connectivity index (χ3n) is 3.03. The molecule has 0 aromatic rings. The van der Waals surface area contributed by atoms with Gasteiger partial charge in [-0.15, -0.1) is 0 Å². The van der Waals surface area contributed by atoms with Crippen LogP contribution in [0, 0.1) is 5.92 Å². The first-order valence-electron chi connectivity index (χ1n) is 5.75. The second-order valence-electron chi connectivity index (χ2n) is 4.06. The minimum Gasteiger partial charge on any atom is -0.480 e. The monoisotopic (exact) mass is 280 g/mol. The summed E-state index contributed by atoms with van der Waals surface area (Å²) in [6, 6.07) is 0.485. The molecular formula is C10H24N2O5Si.